The summed E-state index contributed by atoms with van der Waals surface area (Å²) < 4.78 is 5.74. The average Bonchev–Trinajstić information content (AvgIpc) is 3.60. The van der Waals surface area contributed by atoms with Gasteiger partial charge in [-0.1, -0.05) is 23.8 Å². The highest BCUT2D eigenvalue weighted by Crippen LogP contribution is 2.34. The van der Waals surface area contributed by atoms with Crippen LogP contribution in [0.1, 0.15) is 47.6 Å². The van der Waals surface area contributed by atoms with Crippen molar-refractivity contribution in [3.63, 3.8) is 0 Å². The number of hydrogen-bond donors (Lipinski definition) is 1. The molecule has 5 rings (SSSR count). The van der Waals surface area contributed by atoms with Gasteiger partial charge in [-0.25, -0.2) is 0 Å². The molecule has 0 spiro atoms. The monoisotopic (exact) mass is 443 g/mol. The quantitative estimate of drug-likeness (QED) is 0.487. The van der Waals surface area contributed by atoms with Crippen molar-refractivity contribution < 1.29 is 9.53 Å². The van der Waals surface area contributed by atoms with E-state index in [0.29, 0.717) is 36.1 Å². The number of rotatable bonds is 6. The number of likely N-dealkylation sites (tertiary alicyclic amines) is 1. The lowest BCUT2D eigenvalue weighted by Gasteiger charge is -2.24. The number of hydrogen-bond acceptors (Lipinski definition) is 6. The molecule has 0 aliphatic carbocycles. The third-order valence-electron chi connectivity index (χ3n) is 5.79. The second kappa shape index (κ2) is 8.85. The molecule has 1 fully saturated rings. The molecule has 0 saturated carbocycles. The Bertz CT molecular complexity index is 1270. The fourth-order valence-electron chi connectivity index (χ4n) is 4.27. The number of para-hydroxylation sites is 1. The number of ether oxygens (including phenoxy) is 1. The van der Waals surface area contributed by atoms with E-state index in [1.54, 1.807) is 12.4 Å². The lowest BCUT2D eigenvalue weighted by atomic mass is 10.1. The lowest BCUT2D eigenvalue weighted by Crippen LogP contribution is -2.32. The number of nitrogens with zero attached hydrogens (tertiary/aromatic N) is 6. The normalized spacial score (nSPS) is 15.7. The van der Waals surface area contributed by atoms with Gasteiger partial charge in [0.2, 0.25) is 0 Å². The van der Waals surface area contributed by atoms with Crippen LogP contribution in [0, 0.1) is 6.92 Å². The Morgan fingerprint density at radius 1 is 1.15 bits per heavy atom. The Labute approximate surface area is 191 Å². The molecule has 33 heavy (non-hydrogen) atoms. The van der Waals surface area contributed by atoms with Gasteiger partial charge in [0.05, 0.1) is 41.9 Å². The van der Waals surface area contributed by atoms with Crippen LogP contribution in [0.15, 0.2) is 54.9 Å². The molecule has 1 amide bonds. The summed E-state index contributed by atoms with van der Waals surface area (Å²) in [5.41, 5.74) is 3.07. The Kier molecular flexibility index (Phi) is 5.60. The van der Waals surface area contributed by atoms with Crippen LogP contribution >= 0.6 is 0 Å². The predicted octanol–water partition coefficient (Wildman–Crippen LogP) is 3.74. The molecule has 1 atom stereocenters. The first-order valence-corrected chi connectivity index (χ1v) is 11.1. The van der Waals surface area contributed by atoms with Gasteiger partial charge in [-0.15, -0.1) is 10.2 Å². The maximum Gasteiger partial charge on any atom is 0.256 e. The summed E-state index contributed by atoms with van der Waals surface area (Å²) in [6.45, 7) is 5.13. The van der Waals surface area contributed by atoms with Gasteiger partial charge in [0.25, 0.3) is 5.91 Å². The zero-order valence-electron chi connectivity index (χ0n) is 18.6. The van der Waals surface area contributed by atoms with E-state index in [2.05, 4.69) is 25.4 Å². The largest absolute Gasteiger partial charge is 0.493 e. The number of aromatic amines is 1. The maximum atomic E-state index is 13.7. The molecule has 0 radical (unpaired) electrons. The maximum absolute atomic E-state index is 13.7. The van der Waals surface area contributed by atoms with Crippen molar-refractivity contribution >= 4 is 5.91 Å². The van der Waals surface area contributed by atoms with Crippen molar-refractivity contribution in [2.45, 2.75) is 32.7 Å². The van der Waals surface area contributed by atoms with Crippen LogP contribution in [-0.4, -0.2) is 54.1 Å². The van der Waals surface area contributed by atoms with Gasteiger partial charge >= 0.3 is 0 Å². The summed E-state index contributed by atoms with van der Waals surface area (Å²) in [4.78, 5) is 20.4. The lowest BCUT2D eigenvalue weighted by molar-refractivity contribution is 0.0729. The van der Waals surface area contributed by atoms with Crippen molar-refractivity contribution in [3.05, 3.63) is 71.8 Å². The highest BCUT2D eigenvalue weighted by molar-refractivity contribution is 5.98. The van der Waals surface area contributed by atoms with E-state index in [9.17, 15) is 4.79 Å². The minimum absolute atomic E-state index is 0.0684. The molecule has 4 aromatic rings. The average molecular weight is 444 g/mol. The summed E-state index contributed by atoms with van der Waals surface area (Å²) in [5.74, 6) is 1.98. The topological polar surface area (TPSA) is 102 Å². The first-order chi connectivity index (χ1) is 16.2. The van der Waals surface area contributed by atoms with E-state index >= 15 is 0 Å². The molecule has 1 aliphatic heterocycles. The zero-order valence-corrected chi connectivity index (χ0v) is 18.6. The molecular weight excluding hydrogens is 418 g/mol. The third kappa shape index (κ3) is 3.97. The molecule has 1 unspecified atom stereocenters. The standard InChI is InChI=1S/C24H25N7O2/c1-3-33-21-9-5-4-7-17(21)22-27-23(29-28-22)20-8-6-14-30(20)24(32)18-15-16(2)10-11-19(18)31-25-12-13-26-31/h4-5,7,9-13,15,20H,3,6,8,14H2,1-2H3,(H,27,28,29). The van der Waals surface area contributed by atoms with E-state index in [1.807, 2.05) is 61.2 Å². The van der Waals surface area contributed by atoms with Crippen molar-refractivity contribution in [2.24, 2.45) is 0 Å². The minimum atomic E-state index is -0.183. The smallest absolute Gasteiger partial charge is 0.256 e. The van der Waals surface area contributed by atoms with Gasteiger partial charge in [0, 0.05) is 6.54 Å². The van der Waals surface area contributed by atoms with E-state index in [-0.39, 0.29) is 11.9 Å². The Hall–Kier alpha value is -4.01. The van der Waals surface area contributed by atoms with Crippen molar-refractivity contribution in [3.8, 4) is 22.8 Å². The Morgan fingerprint density at radius 3 is 2.79 bits per heavy atom. The van der Waals surface area contributed by atoms with Crippen LogP contribution in [-0.2, 0) is 0 Å². The molecule has 1 saturated heterocycles. The van der Waals surface area contributed by atoms with Crippen molar-refractivity contribution in [1.29, 1.82) is 0 Å². The van der Waals surface area contributed by atoms with Gasteiger partial charge < -0.3 is 14.6 Å². The second-order valence-electron chi connectivity index (χ2n) is 7.98. The summed E-state index contributed by atoms with van der Waals surface area (Å²) in [6.07, 6.45) is 4.91. The SMILES string of the molecule is CCOc1ccccc1-c1nnc(C2CCCN2C(=O)c2cc(C)ccc2-n2nccn2)[nH]1. The molecule has 1 N–H and O–H groups in total. The van der Waals surface area contributed by atoms with Crippen LogP contribution in [0.5, 0.6) is 5.75 Å². The van der Waals surface area contributed by atoms with Gasteiger partial charge in [0.15, 0.2) is 11.6 Å². The molecule has 1 aliphatic rings. The van der Waals surface area contributed by atoms with Crippen LogP contribution in [0.2, 0.25) is 0 Å². The van der Waals surface area contributed by atoms with Crippen LogP contribution in [0.3, 0.4) is 0 Å². The number of H-pyrrole nitrogens is 1. The molecule has 9 nitrogen and oxygen atoms in total. The highest BCUT2D eigenvalue weighted by Gasteiger charge is 2.34. The fraction of sp³-hybridized carbons (Fsp3) is 0.292. The Morgan fingerprint density at radius 2 is 1.97 bits per heavy atom. The second-order valence-corrected chi connectivity index (χ2v) is 7.98. The molecule has 2 aromatic heterocycles. The summed E-state index contributed by atoms with van der Waals surface area (Å²) >= 11 is 0. The Balaban J connectivity index is 1.46. The van der Waals surface area contributed by atoms with E-state index in [1.165, 1.54) is 4.80 Å². The molecular formula is C24H25N7O2. The van der Waals surface area contributed by atoms with Gasteiger partial charge in [0.1, 0.15) is 5.75 Å². The fourth-order valence-corrected chi connectivity index (χ4v) is 4.27. The predicted molar refractivity (Wildman–Crippen MR) is 122 cm³/mol. The summed E-state index contributed by atoms with van der Waals surface area (Å²) in [7, 11) is 0. The van der Waals surface area contributed by atoms with Gasteiger partial charge in [-0.3, -0.25) is 4.79 Å². The number of amides is 1. The number of carbonyl (C=O) groups excluding carboxylic acids is 1. The molecule has 2 aromatic carbocycles. The van der Waals surface area contributed by atoms with E-state index in [0.717, 1.165) is 29.7 Å². The number of aromatic nitrogens is 6. The molecule has 3 heterocycles. The summed E-state index contributed by atoms with van der Waals surface area (Å²) in [6, 6.07) is 13.3. The number of aryl methyl sites for hydroxylation is 1. The first kappa shape index (κ1) is 20.9. The molecule has 0 bridgehead atoms. The van der Waals surface area contributed by atoms with Crippen LogP contribution in [0.25, 0.3) is 17.1 Å². The van der Waals surface area contributed by atoms with E-state index in [4.69, 9.17) is 4.74 Å². The highest BCUT2D eigenvalue weighted by atomic mass is 16.5. The van der Waals surface area contributed by atoms with E-state index < -0.39 is 0 Å². The number of carbonyl (C=O) groups is 1. The van der Waals surface area contributed by atoms with Crippen molar-refractivity contribution in [1.82, 2.24) is 35.1 Å². The van der Waals surface area contributed by atoms with Crippen LogP contribution < -0.4 is 4.74 Å². The zero-order chi connectivity index (χ0) is 22.8. The first-order valence-electron chi connectivity index (χ1n) is 11.1. The molecule has 9 heteroatoms. The minimum Gasteiger partial charge on any atom is -0.493 e. The van der Waals surface area contributed by atoms with Crippen molar-refractivity contribution in [2.75, 3.05) is 13.2 Å². The number of nitrogens with one attached hydrogen (secondary N) is 1. The van der Waals surface area contributed by atoms with Crippen LogP contribution in [0.4, 0.5) is 0 Å². The van der Waals surface area contributed by atoms with Gasteiger partial charge in [-0.05, 0) is 51.0 Å². The van der Waals surface area contributed by atoms with Gasteiger partial charge in [-0.2, -0.15) is 15.0 Å². The third-order valence-corrected chi connectivity index (χ3v) is 5.79. The number of benzene rings is 2. The summed E-state index contributed by atoms with van der Waals surface area (Å²) in [5, 5.41) is 17.2. The molecule has 168 valence electrons.